The Morgan fingerprint density at radius 1 is 1.50 bits per heavy atom. The molecule has 0 spiro atoms. The van der Waals surface area contributed by atoms with E-state index in [4.69, 9.17) is 9.47 Å². The maximum absolute atomic E-state index is 11.9. The van der Waals surface area contributed by atoms with Crippen molar-refractivity contribution in [3.8, 4) is 0 Å². The molecule has 5 heteroatoms. The molecule has 0 aromatic heterocycles. The van der Waals surface area contributed by atoms with Crippen LogP contribution in [0.3, 0.4) is 0 Å². The minimum Gasteiger partial charge on any atom is -0.465 e. The summed E-state index contributed by atoms with van der Waals surface area (Å²) in [5, 5.41) is 3.19. The molecular formula is C13H26N2O3. The van der Waals surface area contributed by atoms with Crippen LogP contribution in [0.25, 0.3) is 0 Å². The zero-order chi connectivity index (χ0) is 13.5. The quantitative estimate of drug-likeness (QED) is 0.708. The van der Waals surface area contributed by atoms with E-state index in [2.05, 4.69) is 24.1 Å². The topological polar surface area (TPSA) is 50.8 Å². The number of carbonyl (C=O) groups excluding carboxylic acids is 1. The van der Waals surface area contributed by atoms with Crippen LogP contribution in [0.2, 0.25) is 0 Å². The van der Waals surface area contributed by atoms with Crippen molar-refractivity contribution >= 4 is 5.97 Å². The number of rotatable bonds is 6. The molecule has 0 aromatic carbocycles. The number of ether oxygens (including phenoxy) is 2. The molecule has 1 heterocycles. The largest absolute Gasteiger partial charge is 0.465 e. The fraction of sp³-hybridized carbons (Fsp3) is 0.923. The van der Waals surface area contributed by atoms with E-state index in [0.29, 0.717) is 19.2 Å². The first kappa shape index (κ1) is 15.4. The molecular weight excluding hydrogens is 232 g/mol. The average Bonchev–Trinajstić information content (AvgIpc) is 2.33. The number of carbonyl (C=O) groups is 1. The number of likely N-dealkylation sites (N-methyl/N-ethyl adjacent to an activating group) is 1. The van der Waals surface area contributed by atoms with Gasteiger partial charge in [0, 0.05) is 19.1 Å². The molecule has 0 bridgehead atoms. The lowest BCUT2D eigenvalue weighted by atomic mass is 10.1. The van der Waals surface area contributed by atoms with E-state index >= 15 is 0 Å². The van der Waals surface area contributed by atoms with Gasteiger partial charge in [0.1, 0.15) is 6.04 Å². The predicted molar refractivity (Wildman–Crippen MR) is 70.5 cm³/mol. The molecule has 0 aromatic rings. The smallest absolute Gasteiger partial charge is 0.324 e. The van der Waals surface area contributed by atoms with Gasteiger partial charge in [-0.3, -0.25) is 9.69 Å². The summed E-state index contributed by atoms with van der Waals surface area (Å²) in [6, 6.07) is 0.0967. The number of morpholine rings is 1. The fourth-order valence-corrected chi connectivity index (χ4v) is 2.17. The van der Waals surface area contributed by atoms with E-state index < -0.39 is 0 Å². The summed E-state index contributed by atoms with van der Waals surface area (Å²) >= 11 is 0. The first-order valence-corrected chi connectivity index (χ1v) is 6.84. The van der Waals surface area contributed by atoms with Gasteiger partial charge in [-0.2, -0.15) is 0 Å². The number of hydrogen-bond acceptors (Lipinski definition) is 5. The van der Waals surface area contributed by atoms with Gasteiger partial charge in [0.25, 0.3) is 0 Å². The highest BCUT2D eigenvalue weighted by atomic mass is 16.5. The summed E-state index contributed by atoms with van der Waals surface area (Å²) in [5.41, 5.74) is 0. The summed E-state index contributed by atoms with van der Waals surface area (Å²) in [4.78, 5) is 14.1. The molecule has 0 amide bonds. The second-order valence-corrected chi connectivity index (χ2v) is 4.81. The van der Waals surface area contributed by atoms with Crippen molar-refractivity contribution in [2.24, 2.45) is 0 Å². The molecule has 3 unspecified atom stereocenters. The van der Waals surface area contributed by atoms with E-state index in [1.54, 1.807) is 0 Å². The number of nitrogens with one attached hydrogen (secondary N) is 1. The number of esters is 1. The Morgan fingerprint density at radius 2 is 2.22 bits per heavy atom. The van der Waals surface area contributed by atoms with Crippen LogP contribution in [-0.2, 0) is 14.3 Å². The predicted octanol–water partition coefficient (Wildman–Crippen LogP) is 0.637. The van der Waals surface area contributed by atoms with Crippen molar-refractivity contribution in [3.05, 3.63) is 0 Å². The third-order valence-corrected chi connectivity index (χ3v) is 3.18. The molecule has 0 saturated carbocycles. The molecule has 1 saturated heterocycles. The van der Waals surface area contributed by atoms with Crippen molar-refractivity contribution in [3.63, 3.8) is 0 Å². The van der Waals surface area contributed by atoms with Gasteiger partial charge in [0.05, 0.1) is 19.3 Å². The average molecular weight is 258 g/mol. The van der Waals surface area contributed by atoms with Crippen LogP contribution >= 0.6 is 0 Å². The highest BCUT2D eigenvalue weighted by Gasteiger charge is 2.28. The standard InChI is InChI=1S/C13H26N2O3/c1-5-14-12(13(16)17-6-2)8-15-7-11(4)18-9-10(15)3/h10-12,14H,5-9H2,1-4H3. The van der Waals surface area contributed by atoms with Crippen molar-refractivity contribution in [1.82, 2.24) is 10.2 Å². The minimum atomic E-state index is -0.248. The Labute approximate surface area is 110 Å². The molecule has 0 aliphatic carbocycles. The molecule has 5 nitrogen and oxygen atoms in total. The molecule has 1 aliphatic rings. The van der Waals surface area contributed by atoms with Crippen LogP contribution in [-0.4, -0.2) is 61.9 Å². The number of hydrogen-bond donors (Lipinski definition) is 1. The minimum absolute atomic E-state index is 0.161. The van der Waals surface area contributed by atoms with E-state index in [1.165, 1.54) is 0 Å². The van der Waals surface area contributed by atoms with E-state index in [-0.39, 0.29) is 18.1 Å². The molecule has 1 rings (SSSR count). The van der Waals surface area contributed by atoms with Gasteiger partial charge >= 0.3 is 5.97 Å². The van der Waals surface area contributed by atoms with Crippen LogP contribution < -0.4 is 5.32 Å². The maximum Gasteiger partial charge on any atom is 0.324 e. The molecule has 18 heavy (non-hydrogen) atoms. The van der Waals surface area contributed by atoms with Crippen LogP contribution in [0.4, 0.5) is 0 Å². The monoisotopic (exact) mass is 258 g/mol. The zero-order valence-corrected chi connectivity index (χ0v) is 11.9. The lowest BCUT2D eigenvalue weighted by Gasteiger charge is -2.38. The number of nitrogens with zero attached hydrogens (tertiary/aromatic N) is 1. The Balaban J connectivity index is 2.55. The van der Waals surface area contributed by atoms with E-state index in [1.807, 2.05) is 13.8 Å². The summed E-state index contributed by atoms with van der Waals surface area (Å²) in [6.45, 7) is 11.5. The summed E-state index contributed by atoms with van der Waals surface area (Å²) in [5.74, 6) is -0.161. The zero-order valence-electron chi connectivity index (χ0n) is 11.9. The lowest BCUT2D eigenvalue weighted by Crippen LogP contribution is -2.54. The van der Waals surface area contributed by atoms with Gasteiger partial charge in [-0.1, -0.05) is 6.92 Å². The van der Waals surface area contributed by atoms with Crippen LogP contribution in [0.15, 0.2) is 0 Å². The molecule has 1 fully saturated rings. The van der Waals surface area contributed by atoms with Gasteiger partial charge in [-0.15, -0.1) is 0 Å². The van der Waals surface area contributed by atoms with Gasteiger partial charge in [-0.25, -0.2) is 0 Å². The van der Waals surface area contributed by atoms with Crippen molar-refractivity contribution < 1.29 is 14.3 Å². The lowest BCUT2D eigenvalue weighted by molar-refractivity contribution is -0.147. The molecule has 1 aliphatic heterocycles. The Kier molecular flexibility index (Phi) is 6.60. The van der Waals surface area contributed by atoms with Crippen molar-refractivity contribution in [2.45, 2.75) is 45.9 Å². The Hall–Kier alpha value is -0.650. The first-order valence-electron chi connectivity index (χ1n) is 6.84. The first-order chi connectivity index (χ1) is 8.58. The highest BCUT2D eigenvalue weighted by Crippen LogP contribution is 2.12. The highest BCUT2D eigenvalue weighted by molar-refractivity contribution is 5.76. The van der Waals surface area contributed by atoms with Gasteiger partial charge < -0.3 is 14.8 Å². The molecule has 3 atom stereocenters. The second kappa shape index (κ2) is 7.71. The van der Waals surface area contributed by atoms with Gasteiger partial charge in [0.2, 0.25) is 0 Å². The fourth-order valence-electron chi connectivity index (χ4n) is 2.17. The molecule has 1 N–H and O–H groups in total. The van der Waals surface area contributed by atoms with E-state index in [0.717, 1.165) is 19.7 Å². The van der Waals surface area contributed by atoms with Crippen LogP contribution in [0.1, 0.15) is 27.7 Å². The molecule has 106 valence electrons. The third-order valence-electron chi connectivity index (χ3n) is 3.18. The normalized spacial score (nSPS) is 26.9. The molecule has 0 radical (unpaired) electrons. The van der Waals surface area contributed by atoms with Crippen molar-refractivity contribution in [2.75, 3.05) is 32.8 Å². The Bertz CT molecular complexity index is 261. The van der Waals surface area contributed by atoms with Crippen molar-refractivity contribution in [1.29, 1.82) is 0 Å². The van der Waals surface area contributed by atoms with Crippen LogP contribution in [0, 0.1) is 0 Å². The third kappa shape index (κ3) is 4.55. The van der Waals surface area contributed by atoms with Gasteiger partial charge in [0.15, 0.2) is 0 Å². The van der Waals surface area contributed by atoms with Crippen LogP contribution in [0.5, 0.6) is 0 Å². The Morgan fingerprint density at radius 3 is 2.83 bits per heavy atom. The second-order valence-electron chi connectivity index (χ2n) is 4.81. The van der Waals surface area contributed by atoms with E-state index in [9.17, 15) is 4.79 Å². The summed E-state index contributed by atoms with van der Waals surface area (Å²) in [7, 11) is 0. The van der Waals surface area contributed by atoms with Gasteiger partial charge in [-0.05, 0) is 27.3 Å². The summed E-state index contributed by atoms with van der Waals surface area (Å²) in [6.07, 6.45) is 0.227. The SMILES string of the molecule is CCNC(CN1CC(C)OCC1C)C(=O)OCC. The maximum atomic E-state index is 11.9. The summed E-state index contributed by atoms with van der Waals surface area (Å²) < 4.78 is 10.7.